The topological polar surface area (TPSA) is 0 Å². The van der Waals surface area contributed by atoms with Gasteiger partial charge in [-0.2, -0.15) is 0 Å². The lowest BCUT2D eigenvalue weighted by atomic mass is 9.68. The molecular formula is C15H30. The van der Waals surface area contributed by atoms with E-state index in [1.165, 1.54) is 19.3 Å². The lowest BCUT2D eigenvalue weighted by Gasteiger charge is -2.37. The largest absolute Gasteiger partial charge is 0.0654 e. The van der Waals surface area contributed by atoms with Gasteiger partial charge in [-0.15, -0.1) is 0 Å². The Morgan fingerprint density at radius 2 is 1.40 bits per heavy atom. The molecule has 0 amide bonds. The number of hydrogen-bond donors (Lipinski definition) is 0. The quantitative estimate of drug-likeness (QED) is 0.603. The molecule has 0 radical (unpaired) electrons. The highest BCUT2D eigenvalue weighted by Gasteiger charge is 2.53. The molecule has 0 aromatic carbocycles. The summed E-state index contributed by atoms with van der Waals surface area (Å²) in [6, 6.07) is 0. The molecule has 0 aromatic heterocycles. The van der Waals surface area contributed by atoms with E-state index in [2.05, 4.69) is 48.5 Å². The van der Waals surface area contributed by atoms with Gasteiger partial charge in [0, 0.05) is 0 Å². The van der Waals surface area contributed by atoms with Gasteiger partial charge >= 0.3 is 0 Å². The van der Waals surface area contributed by atoms with Crippen molar-refractivity contribution in [3.05, 3.63) is 0 Å². The molecule has 0 N–H and O–H groups in total. The predicted molar refractivity (Wildman–Crippen MR) is 68.9 cm³/mol. The molecule has 0 heteroatoms. The Labute approximate surface area is 96.8 Å². The van der Waals surface area contributed by atoms with E-state index in [-0.39, 0.29) is 0 Å². The van der Waals surface area contributed by atoms with Gasteiger partial charge in [-0.3, -0.25) is 0 Å². The van der Waals surface area contributed by atoms with Crippen LogP contribution in [0.25, 0.3) is 0 Å². The average molecular weight is 210 g/mol. The van der Waals surface area contributed by atoms with E-state index >= 15 is 0 Å². The average Bonchev–Trinajstić information content (AvgIpc) is 2.56. The molecule has 90 valence electrons. The predicted octanol–water partition coefficient (Wildman–Crippen LogP) is 5.13. The van der Waals surface area contributed by atoms with Gasteiger partial charge in [-0.05, 0) is 41.4 Å². The summed E-state index contributed by atoms with van der Waals surface area (Å²) in [5.74, 6) is 2.91. The van der Waals surface area contributed by atoms with Crippen molar-refractivity contribution in [2.45, 2.75) is 67.7 Å². The minimum absolute atomic E-state index is 0.478. The standard InChI is InChI=1S/C15H30/c1-8-9-15(7,10-14(4,5)6)13-11(2)12(13)3/h11-13H,8-10H2,1-7H3. The third-order valence-corrected chi connectivity index (χ3v) is 4.38. The molecular weight excluding hydrogens is 180 g/mol. The Kier molecular flexibility index (Phi) is 3.58. The van der Waals surface area contributed by atoms with Crippen molar-refractivity contribution in [2.75, 3.05) is 0 Å². The zero-order valence-electron chi connectivity index (χ0n) is 11.9. The van der Waals surface area contributed by atoms with Crippen LogP contribution in [0.2, 0.25) is 0 Å². The smallest absolute Gasteiger partial charge is 0.0287 e. The summed E-state index contributed by atoms with van der Waals surface area (Å²) in [6.07, 6.45) is 4.12. The molecule has 1 fully saturated rings. The first kappa shape index (κ1) is 13.1. The van der Waals surface area contributed by atoms with Crippen molar-refractivity contribution in [2.24, 2.45) is 28.6 Å². The zero-order valence-corrected chi connectivity index (χ0v) is 11.9. The van der Waals surface area contributed by atoms with Gasteiger partial charge in [0.25, 0.3) is 0 Å². The van der Waals surface area contributed by atoms with Gasteiger partial charge in [-0.1, -0.05) is 54.9 Å². The molecule has 0 saturated heterocycles. The highest BCUT2D eigenvalue weighted by molar-refractivity contribution is 5.02. The van der Waals surface area contributed by atoms with Crippen LogP contribution in [0.4, 0.5) is 0 Å². The van der Waals surface area contributed by atoms with E-state index in [1.54, 1.807) is 0 Å². The van der Waals surface area contributed by atoms with Crippen molar-refractivity contribution in [1.82, 2.24) is 0 Å². The first-order chi connectivity index (χ1) is 6.71. The summed E-state index contributed by atoms with van der Waals surface area (Å²) in [5, 5.41) is 0. The van der Waals surface area contributed by atoms with Crippen molar-refractivity contribution >= 4 is 0 Å². The van der Waals surface area contributed by atoms with Gasteiger partial charge in [0.2, 0.25) is 0 Å². The van der Waals surface area contributed by atoms with Crippen molar-refractivity contribution in [3.8, 4) is 0 Å². The molecule has 1 aliphatic rings. The number of hydrogen-bond acceptors (Lipinski definition) is 0. The fourth-order valence-electron chi connectivity index (χ4n) is 4.09. The lowest BCUT2D eigenvalue weighted by molar-refractivity contribution is 0.136. The highest BCUT2D eigenvalue weighted by atomic mass is 14.6. The molecule has 1 aliphatic carbocycles. The van der Waals surface area contributed by atoms with Crippen LogP contribution in [0.3, 0.4) is 0 Å². The molecule has 3 atom stereocenters. The summed E-state index contributed by atoms with van der Waals surface area (Å²) in [6.45, 7) is 16.9. The highest BCUT2D eigenvalue weighted by Crippen LogP contribution is 2.60. The molecule has 3 unspecified atom stereocenters. The molecule has 0 bridgehead atoms. The minimum atomic E-state index is 0.478. The second-order valence-electron chi connectivity index (χ2n) is 7.39. The Bertz CT molecular complexity index is 203. The Balaban J connectivity index is 2.71. The Morgan fingerprint density at radius 3 is 1.67 bits per heavy atom. The maximum absolute atomic E-state index is 2.53. The van der Waals surface area contributed by atoms with Crippen LogP contribution in [-0.4, -0.2) is 0 Å². The van der Waals surface area contributed by atoms with Gasteiger partial charge in [0.05, 0.1) is 0 Å². The SMILES string of the molecule is CCCC(C)(CC(C)(C)C)C1C(C)C1C. The van der Waals surface area contributed by atoms with Crippen LogP contribution in [0, 0.1) is 28.6 Å². The van der Waals surface area contributed by atoms with Crippen LogP contribution in [0.1, 0.15) is 67.7 Å². The molecule has 0 heterocycles. The summed E-state index contributed by atoms with van der Waals surface area (Å²) >= 11 is 0. The fraction of sp³-hybridized carbons (Fsp3) is 1.00. The summed E-state index contributed by atoms with van der Waals surface area (Å²) in [5.41, 5.74) is 1.07. The van der Waals surface area contributed by atoms with E-state index in [1.807, 2.05) is 0 Å². The van der Waals surface area contributed by atoms with E-state index in [0.29, 0.717) is 10.8 Å². The van der Waals surface area contributed by atoms with Crippen LogP contribution in [0.5, 0.6) is 0 Å². The van der Waals surface area contributed by atoms with Crippen LogP contribution in [-0.2, 0) is 0 Å². The van der Waals surface area contributed by atoms with Crippen LogP contribution in [0.15, 0.2) is 0 Å². The molecule has 1 rings (SSSR count). The van der Waals surface area contributed by atoms with Crippen molar-refractivity contribution < 1.29 is 0 Å². The van der Waals surface area contributed by atoms with Gasteiger partial charge in [0.1, 0.15) is 0 Å². The third kappa shape index (κ3) is 2.98. The zero-order chi connectivity index (χ0) is 11.9. The normalized spacial score (nSPS) is 35.0. The third-order valence-electron chi connectivity index (χ3n) is 4.38. The van der Waals surface area contributed by atoms with Gasteiger partial charge in [-0.25, -0.2) is 0 Å². The summed E-state index contributed by atoms with van der Waals surface area (Å²) in [4.78, 5) is 0. The van der Waals surface area contributed by atoms with E-state index in [9.17, 15) is 0 Å². The first-order valence-corrected chi connectivity index (χ1v) is 6.71. The molecule has 15 heavy (non-hydrogen) atoms. The first-order valence-electron chi connectivity index (χ1n) is 6.71. The van der Waals surface area contributed by atoms with Crippen LogP contribution < -0.4 is 0 Å². The van der Waals surface area contributed by atoms with Gasteiger partial charge in [0.15, 0.2) is 0 Å². The lowest BCUT2D eigenvalue weighted by Crippen LogP contribution is -2.27. The maximum atomic E-state index is 2.53. The van der Waals surface area contributed by atoms with E-state index < -0.39 is 0 Å². The maximum Gasteiger partial charge on any atom is -0.0287 e. The number of rotatable bonds is 4. The summed E-state index contributed by atoms with van der Waals surface area (Å²) < 4.78 is 0. The summed E-state index contributed by atoms with van der Waals surface area (Å²) in [7, 11) is 0. The fourth-order valence-corrected chi connectivity index (χ4v) is 4.09. The monoisotopic (exact) mass is 210 g/mol. The Hall–Kier alpha value is 0. The molecule has 1 saturated carbocycles. The van der Waals surface area contributed by atoms with Crippen LogP contribution >= 0.6 is 0 Å². The molecule has 0 nitrogen and oxygen atoms in total. The van der Waals surface area contributed by atoms with E-state index in [4.69, 9.17) is 0 Å². The molecule has 0 aliphatic heterocycles. The van der Waals surface area contributed by atoms with E-state index in [0.717, 1.165) is 17.8 Å². The Morgan fingerprint density at radius 1 is 0.933 bits per heavy atom. The van der Waals surface area contributed by atoms with Crippen molar-refractivity contribution in [3.63, 3.8) is 0 Å². The second kappa shape index (κ2) is 4.11. The van der Waals surface area contributed by atoms with Gasteiger partial charge < -0.3 is 0 Å². The second-order valence-corrected chi connectivity index (χ2v) is 7.39. The molecule has 0 aromatic rings. The molecule has 0 spiro atoms. The van der Waals surface area contributed by atoms with Crippen molar-refractivity contribution in [1.29, 1.82) is 0 Å². The minimum Gasteiger partial charge on any atom is -0.0654 e.